The van der Waals surface area contributed by atoms with Crippen LogP contribution in [-0.4, -0.2) is 28.0 Å². The van der Waals surface area contributed by atoms with Crippen LogP contribution in [0.5, 0.6) is 0 Å². The summed E-state index contributed by atoms with van der Waals surface area (Å²) in [6.07, 6.45) is 4.53. The highest BCUT2D eigenvalue weighted by Crippen LogP contribution is 2.35. The fraction of sp³-hybridized carbons (Fsp3) is 0.238. The molecule has 1 fully saturated rings. The first-order chi connectivity index (χ1) is 14.2. The Morgan fingerprint density at radius 1 is 0.897 bits per heavy atom. The quantitative estimate of drug-likeness (QED) is 0.488. The maximum Gasteiger partial charge on any atom is 0.355 e. The van der Waals surface area contributed by atoms with Gasteiger partial charge in [-0.05, 0) is 43.5 Å². The van der Waals surface area contributed by atoms with E-state index in [2.05, 4.69) is 15.4 Å². The highest BCUT2D eigenvalue weighted by molar-refractivity contribution is 5.75. The van der Waals surface area contributed by atoms with Crippen LogP contribution in [0, 0.1) is 10.1 Å². The SMILES string of the molecule is O=[N+]([O-])c1c(NN(c2ccccc2)c2ccccc2)ncnc1N1CCCCC1. The highest BCUT2D eigenvalue weighted by Gasteiger charge is 2.29. The molecule has 2 aromatic carbocycles. The summed E-state index contributed by atoms with van der Waals surface area (Å²) >= 11 is 0. The van der Waals surface area contributed by atoms with Crippen molar-refractivity contribution in [2.75, 3.05) is 28.4 Å². The molecule has 1 aliphatic rings. The topological polar surface area (TPSA) is 87.4 Å². The van der Waals surface area contributed by atoms with Crippen molar-refractivity contribution < 1.29 is 4.92 Å². The maximum atomic E-state index is 12.0. The van der Waals surface area contributed by atoms with Crippen molar-refractivity contribution in [3.8, 4) is 0 Å². The van der Waals surface area contributed by atoms with E-state index in [0.717, 1.165) is 43.7 Å². The number of nitrogens with zero attached hydrogens (tertiary/aromatic N) is 5. The molecule has 8 nitrogen and oxygen atoms in total. The monoisotopic (exact) mass is 390 g/mol. The van der Waals surface area contributed by atoms with Gasteiger partial charge in [-0.25, -0.2) is 9.97 Å². The summed E-state index contributed by atoms with van der Waals surface area (Å²) in [7, 11) is 0. The van der Waals surface area contributed by atoms with Crippen LogP contribution in [0.4, 0.5) is 28.7 Å². The number of piperidine rings is 1. The smallest absolute Gasteiger partial charge is 0.351 e. The lowest BCUT2D eigenvalue weighted by molar-refractivity contribution is -0.383. The molecular formula is C21H22N6O2. The summed E-state index contributed by atoms with van der Waals surface area (Å²) in [5, 5.41) is 13.8. The normalized spacial score (nSPS) is 13.7. The summed E-state index contributed by atoms with van der Waals surface area (Å²) in [5.41, 5.74) is 4.73. The first-order valence-electron chi connectivity index (χ1n) is 9.65. The number of aromatic nitrogens is 2. The number of benzene rings is 2. The molecule has 1 aliphatic heterocycles. The molecule has 0 bridgehead atoms. The highest BCUT2D eigenvalue weighted by atomic mass is 16.6. The Bertz CT molecular complexity index is 922. The Morgan fingerprint density at radius 2 is 1.48 bits per heavy atom. The summed E-state index contributed by atoms with van der Waals surface area (Å²) in [6, 6.07) is 19.2. The molecule has 2 heterocycles. The minimum Gasteiger partial charge on any atom is -0.351 e. The van der Waals surface area contributed by atoms with Crippen molar-refractivity contribution in [3.05, 3.63) is 77.1 Å². The van der Waals surface area contributed by atoms with E-state index in [0.29, 0.717) is 5.82 Å². The van der Waals surface area contributed by atoms with Gasteiger partial charge < -0.3 is 4.90 Å². The number of anilines is 4. The second kappa shape index (κ2) is 8.55. The molecule has 1 aromatic heterocycles. The Kier molecular flexibility index (Phi) is 5.51. The fourth-order valence-electron chi connectivity index (χ4n) is 3.49. The van der Waals surface area contributed by atoms with Crippen LogP contribution in [-0.2, 0) is 0 Å². The fourth-order valence-corrected chi connectivity index (χ4v) is 3.49. The van der Waals surface area contributed by atoms with Crippen LogP contribution < -0.4 is 15.3 Å². The number of para-hydroxylation sites is 2. The van der Waals surface area contributed by atoms with E-state index in [1.807, 2.05) is 65.6 Å². The number of rotatable bonds is 6. The average molecular weight is 390 g/mol. The number of hydrogen-bond acceptors (Lipinski definition) is 7. The molecule has 0 aliphatic carbocycles. The van der Waals surface area contributed by atoms with Gasteiger partial charge in [-0.1, -0.05) is 36.4 Å². The third-order valence-corrected chi connectivity index (χ3v) is 4.89. The number of nitro groups is 1. The van der Waals surface area contributed by atoms with Crippen molar-refractivity contribution in [1.82, 2.24) is 9.97 Å². The van der Waals surface area contributed by atoms with Gasteiger partial charge in [0.2, 0.25) is 11.6 Å². The van der Waals surface area contributed by atoms with Crippen LogP contribution in [0.3, 0.4) is 0 Å². The Balaban J connectivity index is 1.75. The lowest BCUT2D eigenvalue weighted by atomic mass is 10.1. The van der Waals surface area contributed by atoms with Gasteiger partial charge in [-0.15, -0.1) is 0 Å². The number of hydrogen-bond donors (Lipinski definition) is 1. The minimum atomic E-state index is -0.402. The summed E-state index contributed by atoms with van der Waals surface area (Å²) in [4.78, 5) is 22.0. The summed E-state index contributed by atoms with van der Waals surface area (Å²) < 4.78 is 0. The van der Waals surface area contributed by atoms with E-state index >= 15 is 0 Å². The van der Waals surface area contributed by atoms with E-state index in [-0.39, 0.29) is 11.5 Å². The molecule has 0 radical (unpaired) electrons. The molecule has 3 aromatic rings. The molecule has 0 amide bonds. The maximum absolute atomic E-state index is 12.0. The molecule has 29 heavy (non-hydrogen) atoms. The van der Waals surface area contributed by atoms with Crippen molar-refractivity contribution in [2.24, 2.45) is 0 Å². The molecular weight excluding hydrogens is 368 g/mol. The van der Waals surface area contributed by atoms with Gasteiger partial charge in [0.25, 0.3) is 0 Å². The predicted molar refractivity (Wildman–Crippen MR) is 113 cm³/mol. The zero-order valence-electron chi connectivity index (χ0n) is 15.9. The molecule has 1 N–H and O–H groups in total. The third kappa shape index (κ3) is 4.11. The molecule has 0 atom stereocenters. The lowest BCUT2D eigenvalue weighted by Crippen LogP contribution is -2.32. The van der Waals surface area contributed by atoms with E-state index in [9.17, 15) is 10.1 Å². The zero-order chi connectivity index (χ0) is 20.1. The van der Waals surface area contributed by atoms with Crippen molar-refractivity contribution >= 4 is 28.7 Å². The zero-order valence-corrected chi connectivity index (χ0v) is 15.9. The van der Waals surface area contributed by atoms with Crippen LogP contribution >= 0.6 is 0 Å². The number of nitrogens with one attached hydrogen (secondary N) is 1. The first kappa shape index (κ1) is 18.7. The van der Waals surface area contributed by atoms with Gasteiger partial charge in [-0.2, -0.15) is 0 Å². The van der Waals surface area contributed by atoms with Crippen molar-refractivity contribution in [3.63, 3.8) is 0 Å². The van der Waals surface area contributed by atoms with Crippen LogP contribution in [0.1, 0.15) is 19.3 Å². The van der Waals surface area contributed by atoms with Crippen LogP contribution in [0.25, 0.3) is 0 Å². The van der Waals surface area contributed by atoms with Gasteiger partial charge in [0.1, 0.15) is 6.33 Å². The van der Waals surface area contributed by atoms with E-state index in [1.54, 1.807) is 5.01 Å². The average Bonchev–Trinajstić information content (AvgIpc) is 2.79. The summed E-state index contributed by atoms with van der Waals surface area (Å²) in [5.74, 6) is 0.534. The Labute approximate surface area is 168 Å². The molecule has 8 heteroatoms. The predicted octanol–water partition coefficient (Wildman–Crippen LogP) is 4.54. The molecule has 1 saturated heterocycles. The lowest BCUT2D eigenvalue weighted by Gasteiger charge is -2.29. The number of hydrazine groups is 1. The van der Waals surface area contributed by atoms with Gasteiger partial charge in [0, 0.05) is 13.1 Å². The molecule has 0 saturated carbocycles. The largest absolute Gasteiger partial charge is 0.355 e. The van der Waals surface area contributed by atoms with Gasteiger partial charge >= 0.3 is 5.69 Å². The molecule has 148 valence electrons. The molecule has 0 spiro atoms. The van der Waals surface area contributed by atoms with E-state index in [4.69, 9.17) is 0 Å². The van der Waals surface area contributed by atoms with Gasteiger partial charge in [0.15, 0.2) is 0 Å². The van der Waals surface area contributed by atoms with E-state index < -0.39 is 4.92 Å². The molecule has 0 unspecified atom stereocenters. The second-order valence-corrected chi connectivity index (χ2v) is 6.82. The van der Waals surface area contributed by atoms with Crippen molar-refractivity contribution in [2.45, 2.75) is 19.3 Å². The van der Waals surface area contributed by atoms with E-state index in [1.165, 1.54) is 6.33 Å². The summed E-state index contributed by atoms with van der Waals surface area (Å²) in [6.45, 7) is 1.52. The second-order valence-electron chi connectivity index (χ2n) is 6.82. The van der Waals surface area contributed by atoms with Gasteiger partial charge in [-0.3, -0.25) is 20.5 Å². The van der Waals surface area contributed by atoms with Crippen LogP contribution in [0.15, 0.2) is 67.0 Å². The van der Waals surface area contributed by atoms with Crippen LogP contribution in [0.2, 0.25) is 0 Å². The standard InChI is InChI=1S/C21H22N6O2/c28-27(29)19-20(22-16-23-21(19)25-14-8-3-9-15-25)24-26(17-10-4-1-5-11-17)18-12-6-2-7-13-18/h1-2,4-7,10-13,16H,3,8-9,14-15H2,(H,22,23,24). The Hall–Kier alpha value is -3.68. The third-order valence-electron chi connectivity index (χ3n) is 4.89. The van der Waals surface area contributed by atoms with Gasteiger partial charge in [0.05, 0.1) is 16.3 Å². The Morgan fingerprint density at radius 3 is 2.03 bits per heavy atom. The molecule has 4 rings (SSSR count). The minimum absolute atomic E-state index is 0.105. The first-order valence-corrected chi connectivity index (χ1v) is 9.65. The van der Waals surface area contributed by atoms with Crippen molar-refractivity contribution in [1.29, 1.82) is 0 Å².